The van der Waals surface area contributed by atoms with Gasteiger partial charge in [0.1, 0.15) is 0 Å². The number of nitrogens with two attached hydrogens (primary N) is 1. The molecule has 96 valence electrons. The third-order valence-corrected chi connectivity index (χ3v) is 2.29. The zero-order valence-corrected chi connectivity index (χ0v) is 8.96. The monoisotopic (exact) mass is 243 g/mol. The van der Waals surface area contributed by atoms with Crippen LogP contribution in [-0.4, -0.2) is 36.5 Å². The molecular formula is C9H16F3NO3. The molecule has 7 heteroatoms. The lowest BCUT2D eigenvalue weighted by molar-refractivity contribution is -0.192. The van der Waals surface area contributed by atoms with Gasteiger partial charge in [-0.1, -0.05) is 0 Å². The second kappa shape index (κ2) is 6.70. The first-order valence-corrected chi connectivity index (χ1v) is 4.85. The number of ether oxygens (including phenoxy) is 1. The molecule has 0 aromatic heterocycles. The summed E-state index contributed by atoms with van der Waals surface area (Å²) in [4.78, 5) is 8.90. The molecule has 0 aromatic rings. The topological polar surface area (TPSA) is 72.5 Å². The normalized spacial score (nSPS) is 25.6. The summed E-state index contributed by atoms with van der Waals surface area (Å²) < 4.78 is 36.9. The molecular weight excluding hydrogens is 227 g/mol. The van der Waals surface area contributed by atoms with Gasteiger partial charge in [-0.15, -0.1) is 0 Å². The Kier molecular flexibility index (Phi) is 6.35. The Labute approximate surface area is 91.6 Å². The van der Waals surface area contributed by atoms with Crippen LogP contribution in [0.2, 0.25) is 0 Å². The van der Waals surface area contributed by atoms with Gasteiger partial charge in [0.2, 0.25) is 0 Å². The molecule has 0 aromatic carbocycles. The molecule has 1 aliphatic rings. The number of carboxylic acids is 1. The van der Waals surface area contributed by atoms with Crippen LogP contribution in [0.25, 0.3) is 0 Å². The van der Waals surface area contributed by atoms with Crippen LogP contribution < -0.4 is 5.73 Å². The number of rotatable bonds is 1. The van der Waals surface area contributed by atoms with Gasteiger partial charge in [-0.3, -0.25) is 0 Å². The number of aliphatic carboxylic acids is 1. The molecule has 0 atom stereocenters. The quantitative estimate of drug-likeness (QED) is 0.732. The van der Waals surface area contributed by atoms with E-state index in [1.165, 1.54) is 0 Å². The predicted octanol–water partition coefficient (Wildman–Crippen LogP) is 1.54. The van der Waals surface area contributed by atoms with E-state index in [1.54, 1.807) is 7.11 Å². The fraction of sp³-hybridized carbons (Fsp3) is 0.889. The average molecular weight is 243 g/mol. The lowest BCUT2D eigenvalue weighted by atomic mass is 9.94. The first kappa shape index (κ1) is 15.2. The zero-order valence-electron chi connectivity index (χ0n) is 8.96. The molecule has 0 heterocycles. The number of hydrogen-bond acceptors (Lipinski definition) is 3. The van der Waals surface area contributed by atoms with Crippen LogP contribution in [0.1, 0.15) is 25.7 Å². The molecule has 0 radical (unpaired) electrons. The second-order valence-corrected chi connectivity index (χ2v) is 3.58. The third kappa shape index (κ3) is 6.62. The van der Waals surface area contributed by atoms with Crippen LogP contribution in [0.15, 0.2) is 0 Å². The van der Waals surface area contributed by atoms with E-state index in [2.05, 4.69) is 0 Å². The van der Waals surface area contributed by atoms with E-state index in [0.717, 1.165) is 25.7 Å². The van der Waals surface area contributed by atoms with Gasteiger partial charge in [0, 0.05) is 13.2 Å². The van der Waals surface area contributed by atoms with Gasteiger partial charge in [-0.05, 0) is 25.7 Å². The number of halogens is 3. The highest BCUT2D eigenvalue weighted by Crippen LogP contribution is 2.18. The Balaban J connectivity index is 0.000000293. The van der Waals surface area contributed by atoms with Crippen molar-refractivity contribution in [1.82, 2.24) is 0 Å². The standard InChI is InChI=1S/C7H15NO.C2HF3O2/c1-9-7-4-2-6(8)3-5-7;3-2(4,5)1(6)7/h6-7H,2-5,8H2,1H3;(H,6,7). The van der Waals surface area contributed by atoms with E-state index in [-0.39, 0.29) is 0 Å². The summed E-state index contributed by atoms with van der Waals surface area (Å²) in [6.45, 7) is 0. The van der Waals surface area contributed by atoms with E-state index in [0.29, 0.717) is 12.1 Å². The van der Waals surface area contributed by atoms with Gasteiger partial charge in [-0.2, -0.15) is 13.2 Å². The van der Waals surface area contributed by atoms with Gasteiger partial charge in [-0.25, -0.2) is 4.79 Å². The van der Waals surface area contributed by atoms with Crippen molar-refractivity contribution in [3.63, 3.8) is 0 Å². The molecule has 16 heavy (non-hydrogen) atoms. The molecule has 1 aliphatic carbocycles. The molecule has 0 bridgehead atoms. The molecule has 1 fully saturated rings. The van der Waals surface area contributed by atoms with E-state index < -0.39 is 12.1 Å². The minimum atomic E-state index is -5.08. The zero-order chi connectivity index (χ0) is 12.8. The molecule has 0 amide bonds. The largest absolute Gasteiger partial charge is 0.490 e. The fourth-order valence-electron chi connectivity index (χ4n) is 1.32. The number of methoxy groups -OCH3 is 1. The highest BCUT2D eigenvalue weighted by atomic mass is 19.4. The highest BCUT2D eigenvalue weighted by Gasteiger charge is 2.38. The predicted molar refractivity (Wildman–Crippen MR) is 50.9 cm³/mol. The van der Waals surface area contributed by atoms with Crippen molar-refractivity contribution in [2.24, 2.45) is 5.73 Å². The maximum atomic E-state index is 10.6. The fourth-order valence-corrected chi connectivity index (χ4v) is 1.32. The van der Waals surface area contributed by atoms with Crippen LogP contribution in [-0.2, 0) is 9.53 Å². The van der Waals surface area contributed by atoms with Crippen molar-refractivity contribution < 1.29 is 27.8 Å². The molecule has 1 saturated carbocycles. The van der Waals surface area contributed by atoms with Crippen molar-refractivity contribution in [2.45, 2.75) is 44.0 Å². The minimum Gasteiger partial charge on any atom is -0.475 e. The maximum Gasteiger partial charge on any atom is 0.490 e. The van der Waals surface area contributed by atoms with Crippen LogP contribution >= 0.6 is 0 Å². The molecule has 3 N–H and O–H groups in total. The van der Waals surface area contributed by atoms with Crippen molar-refractivity contribution in [3.05, 3.63) is 0 Å². The number of alkyl halides is 3. The maximum absolute atomic E-state index is 10.6. The summed E-state index contributed by atoms with van der Waals surface area (Å²) in [6, 6.07) is 0.441. The van der Waals surface area contributed by atoms with Crippen LogP contribution in [0, 0.1) is 0 Å². The molecule has 0 unspecified atom stereocenters. The van der Waals surface area contributed by atoms with Crippen molar-refractivity contribution in [1.29, 1.82) is 0 Å². The first-order valence-electron chi connectivity index (χ1n) is 4.85. The highest BCUT2D eigenvalue weighted by molar-refractivity contribution is 5.73. The summed E-state index contributed by atoms with van der Waals surface area (Å²) in [5.74, 6) is -2.76. The molecule has 1 rings (SSSR count). The number of carboxylic acid groups (broad SMARTS) is 1. The van der Waals surface area contributed by atoms with E-state index in [9.17, 15) is 13.2 Å². The van der Waals surface area contributed by atoms with Gasteiger partial charge in [0.15, 0.2) is 0 Å². The SMILES string of the molecule is COC1CCC(N)CC1.O=C(O)C(F)(F)F. The lowest BCUT2D eigenvalue weighted by Crippen LogP contribution is -2.29. The Morgan fingerprint density at radius 2 is 1.69 bits per heavy atom. The van der Waals surface area contributed by atoms with Crippen LogP contribution in [0.3, 0.4) is 0 Å². The van der Waals surface area contributed by atoms with Gasteiger partial charge < -0.3 is 15.6 Å². The van der Waals surface area contributed by atoms with Crippen LogP contribution in [0.5, 0.6) is 0 Å². The van der Waals surface area contributed by atoms with Crippen molar-refractivity contribution in [2.75, 3.05) is 7.11 Å². The smallest absolute Gasteiger partial charge is 0.475 e. The number of hydrogen-bond donors (Lipinski definition) is 2. The number of carbonyl (C=O) groups is 1. The van der Waals surface area contributed by atoms with Gasteiger partial charge in [0.25, 0.3) is 0 Å². The van der Waals surface area contributed by atoms with Crippen molar-refractivity contribution in [3.8, 4) is 0 Å². The van der Waals surface area contributed by atoms with E-state index >= 15 is 0 Å². The Hall–Kier alpha value is -0.820. The van der Waals surface area contributed by atoms with E-state index in [1.807, 2.05) is 0 Å². The first-order chi connectivity index (χ1) is 7.27. The Morgan fingerprint density at radius 3 is 1.94 bits per heavy atom. The van der Waals surface area contributed by atoms with E-state index in [4.69, 9.17) is 20.4 Å². The second-order valence-electron chi connectivity index (χ2n) is 3.58. The molecule has 4 nitrogen and oxygen atoms in total. The van der Waals surface area contributed by atoms with Gasteiger partial charge in [0.05, 0.1) is 6.10 Å². The summed E-state index contributed by atoms with van der Waals surface area (Å²) >= 11 is 0. The summed E-state index contributed by atoms with van der Waals surface area (Å²) in [5.41, 5.74) is 5.70. The molecule has 0 saturated heterocycles. The van der Waals surface area contributed by atoms with Crippen molar-refractivity contribution >= 4 is 5.97 Å². The summed E-state index contributed by atoms with van der Waals surface area (Å²) in [5, 5.41) is 7.12. The molecule has 0 spiro atoms. The summed E-state index contributed by atoms with van der Waals surface area (Å²) in [7, 11) is 1.78. The average Bonchev–Trinajstić information content (AvgIpc) is 2.18. The lowest BCUT2D eigenvalue weighted by Gasteiger charge is -2.24. The van der Waals surface area contributed by atoms with Gasteiger partial charge >= 0.3 is 12.1 Å². The molecule has 0 aliphatic heterocycles. The van der Waals surface area contributed by atoms with Crippen LogP contribution in [0.4, 0.5) is 13.2 Å². The minimum absolute atomic E-state index is 0.441. The third-order valence-electron chi connectivity index (χ3n) is 2.29. The Morgan fingerprint density at radius 1 is 1.31 bits per heavy atom. The Bertz CT molecular complexity index is 213. The summed E-state index contributed by atoms with van der Waals surface area (Å²) in [6.07, 6.45) is -0.0170.